The maximum atomic E-state index is 12.6. The number of aliphatic carboxylic acids is 1. The van der Waals surface area contributed by atoms with Crippen LogP contribution in [-0.2, 0) is 4.79 Å². The Morgan fingerprint density at radius 1 is 1.33 bits per heavy atom. The molecule has 5 nitrogen and oxygen atoms in total. The van der Waals surface area contributed by atoms with Gasteiger partial charge in [-0.15, -0.1) is 0 Å². The minimum atomic E-state index is -1.00. The van der Waals surface area contributed by atoms with E-state index in [1.807, 2.05) is 13.8 Å². The van der Waals surface area contributed by atoms with Gasteiger partial charge >= 0.3 is 5.97 Å². The predicted octanol–water partition coefficient (Wildman–Crippen LogP) is 3.10. The van der Waals surface area contributed by atoms with Crippen molar-refractivity contribution >= 4 is 35.1 Å². The number of pyridine rings is 1. The summed E-state index contributed by atoms with van der Waals surface area (Å²) in [4.78, 5) is 29.4. The molecule has 1 aliphatic rings. The highest BCUT2D eigenvalue weighted by molar-refractivity contribution is 6.33. The normalized spacial score (nSPS) is 21.1. The average molecular weight is 331 g/mol. The van der Waals surface area contributed by atoms with Gasteiger partial charge in [-0.2, -0.15) is 0 Å². The second kappa shape index (κ2) is 5.81. The molecule has 1 aliphatic heterocycles. The van der Waals surface area contributed by atoms with Crippen molar-refractivity contribution < 1.29 is 14.7 Å². The van der Waals surface area contributed by atoms with Crippen molar-refractivity contribution in [1.29, 1.82) is 0 Å². The van der Waals surface area contributed by atoms with Gasteiger partial charge in [0.2, 0.25) is 0 Å². The molecule has 0 aromatic carbocycles. The third-order valence-electron chi connectivity index (χ3n) is 3.78. The van der Waals surface area contributed by atoms with Gasteiger partial charge in [-0.1, -0.05) is 37.0 Å². The van der Waals surface area contributed by atoms with Crippen molar-refractivity contribution in [3.8, 4) is 0 Å². The molecule has 1 aromatic heterocycles. The zero-order valence-corrected chi connectivity index (χ0v) is 13.3. The van der Waals surface area contributed by atoms with Crippen molar-refractivity contribution in [2.45, 2.75) is 32.7 Å². The van der Waals surface area contributed by atoms with Gasteiger partial charge in [0.25, 0.3) is 5.91 Å². The zero-order chi connectivity index (χ0) is 15.8. The summed E-state index contributed by atoms with van der Waals surface area (Å²) in [5, 5.41) is 9.70. The smallest absolute Gasteiger partial charge is 0.326 e. The lowest BCUT2D eigenvalue weighted by atomic mass is 9.76. The Labute approximate surface area is 132 Å². The maximum absolute atomic E-state index is 12.6. The molecule has 1 atom stereocenters. The minimum absolute atomic E-state index is 0.106. The first kappa shape index (κ1) is 16.0. The van der Waals surface area contributed by atoms with E-state index in [0.717, 1.165) is 12.8 Å². The molecule has 0 spiro atoms. The average Bonchev–Trinajstić information content (AvgIpc) is 2.34. The first-order valence-electron chi connectivity index (χ1n) is 6.59. The number of rotatable bonds is 2. The van der Waals surface area contributed by atoms with E-state index in [1.54, 1.807) is 0 Å². The van der Waals surface area contributed by atoms with Gasteiger partial charge in [-0.25, -0.2) is 9.78 Å². The second-order valence-electron chi connectivity index (χ2n) is 5.83. The van der Waals surface area contributed by atoms with Crippen molar-refractivity contribution in [2.24, 2.45) is 5.41 Å². The lowest BCUT2D eigenvalue weighted by Gasteiger charge is -2.44. The lowest BCUT2D eigenvalue weighted by Crippen LogP contribution is -2.56. The fourth-order valence-electron chi connectivity index (χ4n) is 2.83. The molecule has 1 N–H and O–H groups in total. The van der Waals surface area contributed by atoms with Crippen molar-refractivity contribution in [3.05, 3.63) is 28.0 Å². The maximum Gasteiger partial charge on any atom is 0.326 e. The molecule has 1 unspecified atom stereocenters. The van der Waals surface area contributed by atoms with Gasteiger partial charge in [-0.3, -0.25) is 4.79 Å². The van der Waals surface area contributed by atoms with Crippen LogP contribution < -0.4 is 0 Å². The molecule has 21 heavy (non-hydrogen) atoms. The Bertz CT molecular complexity index is 569. The molecule has 114 valence electrons. The van der Waals surface area contributed by atoms with Gasteiger partial charge in [0.05, 0.1) is 0 Å². The summed E-state index contributed by atoms with van der Waals surface area (Å²) < 4.78 is 0. The van der Waals surface area contributed by atoms with E-state index in [9.17, 15) is 14.7 Å². The van der Waals surface area contributed by atoms with E-state index >= 15 is 0 Å². The first-order chi connectivity index (χ1) is 9.72. The molecular formula is C14H16Cl2N2O3. The van der Waals surface area contributed by atoms with E-state index in [0.29, 0.717) is 6.54 Å². The highest BCUT2D eigenvalue weighted by atomic mass is 35.5. The van der Waals surface area contributed by atoms with Crippen LogP contribution in [0.4, 0.5) is 0 Å². The summed E-state index contributed by atoms with van der Waals surface area (Å²) in [6.07, 6.45) is 1.51. The van der Waals surface area contributed by atoms with Crippen molar-refractivity contribution in [3.63, 3.8) is 0 Å². The summed E-state index contributed by atoms with van der Waals surface area (Å²) in [6.45, 7) is 4.12. The Balaban J connectivity index is 2.38. The molecular weight excluding hydrogens is 315 g/mol. The van der Waals surface area contributed by atoms with Crippen LogP contribution in [-0.4, -0.2) is 39.5 Å². The molecule has 0 aliphatic carbocycles. The number of carboxylic acids is 1. The molecule has 0 radical (unpaired) electrons. The zero-order valence-electron chi connectivity index (χ0n) is 11.8. The van der Waals surface area contributed by atoms with E-state index in [-0.39, 0.29) is 21.8 Å². The number of carbonyl (C=O) groups excluding carboxylic acids is 1. The quantitative estimate of drug-likeness (QED) is 0.846. The van der Waals surface area contributed by atoms with Crippen LogP contribution in [0, 0.1) is 5.41 Å². The van der Waals surface area contributed by atoms with Crippen LogP contribution in [0.3, 0.4) is 0 Å². The Morgan fingerprint density at radius 2 is 1.90 bits per heavy atom. The Hall–Kier alpha value is -1.33. The number of piperidine rings is 1. The molecule has 1 aromatic rings. The van der Waals surface area contributed by atoms with E-state index in [4.69, 9.17) is 23.2 Å². The van der Waals surface area contributed by atoms with E-state index in [2.05, 4.69) is 4.98 Å². The summed E-state index contributed by atoms with van der Waals surface area (Å²) in [5.74, 6) is -1.39. The number of hydrogen-bond donors (Lipinski definition) is 1. The lowest BCUT2D eigenvalue weighted by molar-refractivity contribution is -0.148. The third-order valence-corrected chi connectivity index (χ3v) is 4.16. The topological polar surface area (TPSA) is 70.5 Å². The van der Waals surface area contributed by atoms with Gasteiger partial charge in [-0.05, 0) is 30.4 Å². The largest absolute Gasteiger partial charge is 0.480 e. The monoisotopic (exact) mass is 330 g/mol. The highest BCUT2D eigenvalue weighted by Gasteiger charge is 2.44. The first-order valence-corrected chi connectivity index (χ1v) is 7.35. The summed E-state index contributed by atoms with van der Waals surface area (Å²) in [7, 11) is 0. The number of aromatic nitrogens is 1. The molecule has 2 rings (SSSR count). The number of amides is 1. The van der Waals surface area contributed by atoms with Crippen LogP contribution in [0.1, 0.15) is 37.0 Å². The summed E-state index contributed by atoms with van der Waals surface area (Å²) in [6, 6.07) is 1.93. The molecule has 1 saturated heterocycles. The van der Waals surface area contributed by atoms with Gasteiger partial charge in [0.1, 0.15) is 16.3 Å². The van der Waals surface area contributed by atoms with E-state index < -0.39 is 17.4 Å². The third kappa shape index (κ3) is 3.30. The van der Waals surface area contributed by atoms with Crippen LogP contribution >= 0.6 is 23.2 Å². The number of hydrogen-bond acceptors (Lipinski definition) is 3. The van der Waals surface area contributed by atoms with Crippen molar-refractivity contribution in [1.82, 2.24) is 9.88 Å². The Kier molecular flexibility index (Phi) is 4.44. The molecule has 0 saturated carbocycles. The van der Waals surface area contributed by atoms with Crippen LogP contribution in [0.25, 0.3) is 0 Å². The van der Waals surface area contributed by atoms with Gasteiger partial charge in [0.15, 0.2) is 0 Å². The highest BCUT2D eigenvalue weighted by Crippen LogP contribution is 2.36. The molecule has 7 heteroatoms. The van der Waals surface area contributed by atoms with Gasteiger partial charge in [0, 0.05) is 12.1 Å². The number of likely N-dealkylation sites (tertiary alicyclic amines) is 1. The van der Waals surface area contributed by atoms with E-state index in [1.165, 1.54) is 17.0 Å². The summed E-state index contributed by atoms with van der Waals surface area (Å²) in [5.41, 5.74) is -0.232. The second-order valence-corrected chi connectivity index (χ2v) is 6.61. The van der Waals surface area contributed by atoms with Crippen LogP contribution in [0.2, 0.25) is 10.3 Å². The standard InChI is InChI=1S/C14H16Cl2N2O3/c1-14(2)4-3-5-18(11(14)13(20)21)12(19)8-6-9(15)17-10(16)7-8/h6-7,11H,3-5H2,1-2H3,(H,20,21). The molecule has 2 heterocycles. The predicted molar refractivity (Wildman–Crippen MR) is 79.7 cm³/mol. The minimum Gasteiger partial charge on any atom is -0.480 e. The fraction of sp³-hybridized carbons (Fsp3) is 0.500. The van der Waals surface area contributed by atoms with Crippen molar-refractivity contribution in [2.75, 3.05) is 6.54 Å². The number of halogens is 2. The van der Waals surface area contributed by atoms with Crippen LogP contribution in [0.15, 0.2) is 12.1 Å². The number of carbonyl (C=O) groups is 2. The summed E-state index contributed by atoms with van der Waals surface area (Å²) >= 11 is 11.6. The van der Waals surface area contributed by atoms with Gasteiger partial charge < -0.3 is 10.0 Å². The molecule has 1 amide bonds. The molecule has 1 fully saturated rings. The fourth-order valence-corrected chi connectivity index (χ4v) is 3.29. The number of nitrogens with zero attached hydrogens (tertiary/aromatic N) is 2. The SMILES string of the molecule is CC1(C)CCCN(C(=O)c2cc(Cl)nc(Cl)c2)C1C(=O)O. The van der Waals surface area contributed by atoms with Crippen LogP contribution in [0.5, 0.6) is 0 Å². The number of carboxylic acid groups (broad SMARTS) is 1. The Morgan fingerprint density at radius 3 is 2.43 bits per heavy atom. The molecule has 0 bridgehead atoms.